The Kier molecular flexibility index (Phi) is 9.03. The lowest BCUT2D eigenvalue weighted by Gasteiger charge is -2.30. The molecule has 10 aromatic carbocycles. The van der Waals surface area contributed by atoms with E-state index in [9.17, 15) is 0 Å². The summed E-state index contributed by atoms with van der Waals surface area (Å²) in [7, 11) is 0. The molecule has 11 rings (SSSR count). The third-order valence-electron chi connectivity index (χ3n) is 11.3. The molecule has 0 atom stereocenters. The van der Waals surface area contributed by atoms with E-state index in [0.717, 1.165) is 51.2 Å². The van der Waals surface area contributed by atoms with Gasteiger partial charge in [0.15, 0.2) is 0 Å². The van der Waals surface area contributed by atoms with Gasteiger partial charge in [-0.3, -0.25) is 0 Å². The van der Waals surface area contributed by atoms with Gasteiger partial charge in [-0.2, -0.15) is 0 Å². The smallest absolute Gasteiger partial charge is 0.0482 e. The molecule has 0 radical (unpaired) electrons. The Morgan fingerprint density at radius 1 is 0.217 bits per heavy atom. The molecule has 1 heterocycles. The molecule has 1 aromatic heterocycles. The van der Waals surface area contributed by atoms with Crippen molar-refractivity contribution >= 4 is 104 Å². The van der Waals surface area contributed by atoms with Gasteiger partial charge >= 0.3 is 0 Å². The molecule has 0 saturated heterocycles. The fraction of sp³-hybridized carbons (Fsp3) is 0. The molecule has 0 unspecified atom stereocenters. The van der Waals surface area contributed by atoms with Gasteiger partial charge in [-0.05, 0) is 143 Å². The summed E-state index contributed by atoms with van der Waals surface area (Å²) < 4.78 is 2.65. The van der Waals surface area contributed by atoms with Crippen LogP contribution < -0.4 is 14.7 Å². The summed E-state index contributed by atoms with van der Waals surface area (Å²) in [6.07, 6.45) is 0. The average molecular weight is 786 g/mol. The summed E-state index contributed by atoms with van der Waals surface area (Å²) in [5.41, 5.74) is 9.80. The predicted octanol–water partition coefficient (Wildman–Crippen LogP) is 16.8. The summed E-state index contributed by atoms with van der Waals surface area (Å²) >= 11 is 1.87. The second-order valence-electron chi connectivity index (χ2n) is 15.0. The fourth-order valence-corrected chi connectivity index (χ4v) is 9.71. The molecule has 0 fully saturated rings. The van der Waals surface area contributed by atoms with Crippen molar-refractivity contribution in [2.45, 2.75) is 0 Å². The Hall–Kier alpha value is -7.66. The lowest BCUT2D eigenvalue weighted by molar-refractivity contribution is 1.24. The average Bonchev–Trinajstić information content (AvgIpc) is 3.68. The summed E-state index contributed by atoms with van der Waals surface area (Å²) in [5, 5.41) is 7.64. The second-order valence-corrected chi connectivity index (χ2v) is 16.1. The lowest BCUT2D eigenvalue weighted by Crippen LogP contribution is -2.13. The number of fused-ring (bicyclic) bond motifs is 6. The number of hydrogen-bond donors (Lipinski definition) is 0. The van der Waals surface area contributed by atoms with Gasteiger partial charge in [0.25, 0.3) is 0 Å². The van der Waals surface area contributed by atoms with Crippen molar-refractivity contribution in [2.24, 2.45) is 0 Å². The number of anilines is 9. The largest absolute Gasteiger partial charge is 0.310 e. The predicted molar refractivity (Wildman–Crippen MR) is 258 cm³/mol. The molecular formula is C56H39N3S. The van der Waals surface area contributed by atoms with Crippen molar-refractivity contribution in [2.75, 3.05) is 14.7 Å². The first-order chi connectivity index (χ1) is 29.7. The van der Waals surface area contributed by atoms with Crippen LogP contribution in [0.1, 0.15) is 0 Å². The van der Waals surface area contributed by atoms with Crippen molar-refractivity contribution in [3.05, 3.63) is 237 Å². The normalized spacial score (nSPS) is 11.3. The van der Waals surface area contributed by atoms with E-state index < -0.39 is 0 Å². The molecule has 4 heteroatoms. The minimum absolute atomic E-state index is 1.07. The maximum absolute atomic E-state index is 2.41. The molecule has 0 N–H and O–H groups in total. The standard InChI is InChI=1S/C56H39N3S/c1-5-16-42(17-6-1)57(43-18-7-2-8-19-43)48-24-15-25-49(37-48)58(44-20-9-3-10-21-44)46-32-34-47(35-33-46)59(45-22-11-4-12-23-45)50-31-30-40-28-29-41-36-56-54(39-53(41)52(40)38-50)51-26-13-14-27-55(51)60-56/h1-39H. The number of thiophene rings is 1. The van der Waals surface area contributed by atoms with Crippen molar-refractivity contribution in [1.29, 1.82) is 0 Å². The van der Waals surface area contributed by atoms with E-state index in [-0.39, 0.29) is 0 Å². The van der Waals surface area contributed by atoms with Crippen LogP contribution >= 0.6 is 11.3 Å². The monoisotopic (exact) mass is 785 g/mol. The van der Waals surface area contributed by atoms with Gasteiger partial charge in [0.05, 0.1) is 0 Å². The van der Waals surface area contributed by atoms with Crippen LogP contribution in [0.5, 0.6) is 0 Å². The zero-order valence-corrected chi connectivity index (χ0v) is 33.6. The van der Waals surface area contributed by atoms with Crippen LogP contribution in [-0.2, 0) is 0 Å². The first kappa shape index (κ1) is 35.5. The van der Waals surface area contributed by atoms with Crippen molar-refractivity contribution < 1.29 is 0 Å². The molecule has 0 bridgehead atoms. The fourth-order valence-electron chi connectivity index (χ4n) is 8.57. The maximum Gasteiger partial charge on any atom is 0.0482 e. The van der Waals surface area contributed by atoms with E-state index in [1.807, 2.05) is 11.3 Å². The Bertz CT molecular complexity index is 3220. The van der Waals surface area contributed by atoms with Crippen LogP contribution in [0.25, 0.3) is 41.7 Å². The topological polar surface area (TPSA) is 9.72 Å². The molecule has 0 saturated carbocycles. The van der Waals surface area contributed by atoms with Gasteiger partial charge < -0.3 is 14.7 Å². The van der Waals surface area contributed by atoms with Crippen molar-refractivity contribution in [1.82, 2.24) is 0 Å². The number of nitrogens with zero attached hydrogens (tertiary/aromatic N) is 3. The third-order valence-corrected chi connectivity index (χ3v) is 12.5. The molecule has 60 heavy (non-hydrogen) atoms. The van der Waals surface area contributed by atoms with E-state index >= 15 is 0 Å². The van der Waals surface area contributed by atoms with Crippen LogP contribution in [0.3, 0.4) is 0 Å². The molecule has 3 nitrogen and oxygen atoms in total. The number of para-hydroxylation sites is 4. The molecule has 284 valence electrons. The molecular weight excluding hydrogens is 747 g/mol. The van der Waals surface area contributed by atoms with Gasteiger partial charge in [0.2, 0.25) is 0 Å². The highest BCUT2D eigenvalue weighted by Crippen LogP contribution is 2.44. The highest BCUT2D eigenvalue weighted by atomic mass is 32.1. The van der Waals surface area contributed by atoms with Crippen LogP contribution in [0.15, 0.2) is 237 Å². The Morgan fingerprint density at radius 3 is 1.13 bits per heavy atom. The SMILES string of the molecule is c1ccc(N(c2ccccc2)c2cccc(N(c3ccccc3)c3ccc(N(c4ccccc4)c4ccc5ccc6cc7sc8ccccc8c7cc6c5c4)cc3)c2)cc1. The third kappa shape index (κ3) is 6.50. The molecule has 0 amide bonds. The van der Waals surface area contributed by atoms with E-state index in [1.165, 1.54) is 41.7 Å². The quantitative estimate of drug-likeness (QED) is 0.135. The summed E-state index contributed by atoms with van der Waals surface area (Å²) in [4.78, 5) is 7.02. The summed E-state index contributed by atoms with van der Waals surface area (Å²) in [6, 6.07) is 85.2. The Labute approximate surface area is 353 Å². The minimum Gasteiger partial charge on any atom is -0.310 e. The number of hydrogen-bond acceptors (Lipinski definition) is 4. The van der Waals surface area contributed by atoms with Crippen molar-refractivity contribution in [3.63, 3.8) is 0 Å². The molecule has 0 aliphatic carbocycles. The minimum atomic E-state index is 1.07. The van der Waals surface area contributed by atoms with Crippen LogP contribution in [0.4, 0.5) is 51.2 Å². The molecule has 11 aromatic rings. The van der Waals surface area contributed by atoms with Gasteiger partial charge in [-0.25, -0.2) is 0 Å². The second kappa shape index (κ2) is 15.3. The summed E-state index contributed by atoms with van der Waals surface area (Å²) in [6.45, 7) is 0. The van der Waals surface area contributed by atoms with Crippen LogP contribution in [-0.4, -0.2) is 0 Å². The zero-order valence-electron chi connectivity index (χ0n) is 32.8. The van der Waals surface area contributed by atoms with E-state index in [1.54, 1.807) is 0 Å². The van der Waals surface area contributed by atoms with E-state index in [4.69, 9.17) is 0 Å². The first-order valence-electron chi connectivity index (χ1n) is 20.3. The summed E-state index contributed by atoms with van der Waals surface area (Å²) in [5.74, 6) is 0. The van der Waals surface area contributed by atoms with Crippen LogP contribution in [0, 0.1) is 0 Å². The van der Waals surface area contributed by atoms with Crippen molar-refractivity contribution in [3.8, 4) is 0 Å². The first-order valence-corrected chi connectivity index (χ1v) is 21.2. The van der Waals surface area contributed by atoms with Gasteiger partial charge in [0.1, 0.15) is 0 Å². The highest BCUT2D eigenvalue weighted by molar-refractivity contribution is 7.25. The Balaban J connectivity index is 1.02. The zero-order chi connectivity index (χ0) is 39.8. The maximum atomic E-state index is 2.41. The van der Waals surface area contributed by atoms with Crippen LogP contribution in [0.2, 0.25) is 0 Å². The lowest BCUT2D eigenvalue weighted by atomic mass is 9.99. The van der Waals surface area contributed by atoms with Gasteiger partial charge in [-0.15, -0.1) is 11.3 Å². The number of benzene rings is 10. The van der Waals surface area contributed by atoms with Gasteiger partial charge in [-0.1, -0.05) is 115 Å². The Morgan fingerprint density at radius 2 is 0.600 bits per heavy atom. The molecule has 0 aliphatic rings. The number of rotatable bonds is 9. The molecule has 0 spiro atoms. The van der Waals surface area contributed by atoms with Gasteiger partial charge in [0, 0.05) is 71.4 Å². The van der Waals surface area contributed by atoms with E-state index in [0.29, 0.717) is 0 Å². The highest BCUT2D eigenvalue weighted by Gasteiger charge is 2.19. The van der Waals surface area contributed by atoms with E-state index in [2.05, 4.69) is 251 Å². The molecule has 0 aliphatic heterocycles.